The minimum absolute atomic E-state index is 0.149. The van der Waals surface area contributed by atoms with E-state index in [0.29, 0.717) is 17.9 Å². The normalized spacial score (nSPS) is 11.9. The van der Waals surface area contributed by atoms with E-state index in [1.54, 1.807) is 18.2 Å². The van der Waals surface area contributed by atoms with Gasteiger partial charge in [-0.2, -0.15) is 0 Å². The molecule has 1 aromatic rings. The first-order valence-electron chi connectivity index (χ1n) is 5.17. The predicted octanol–water partition coefficient (Wildman–Crippen LogP) is 3.50. The average Bonchev–Trinajstić information content (AvgIpc) is 2.29. The van der Waals surface area contributed by atoms with Crippen LogP contribution in [0.4, 0.5) is 0 Å². The fourth-order valence-corrected chi connectivity index (χ4v) is 1.53. The summed E-state index contributed by atoms with van der Waals surface area (Å²) < 4.78 is 5.20. The number of hydrogen-bond donors (Lipinski definition) is 0. The minimum Gasteiger partial charge on any atom is -0.459 e. The number of hydrogen-bond acceptors (Lipinski definition) is 2. The smallest absolute Gasteiger partial charge is 0.338 e. The van der Waals surface area contributed by atoms with Gasteiger partial charge in [0.05, 0.1) is 5.56 Å². The van der Waals surface area contributed by atoms with Crippen molar-refractivity contribution in [3.8, 4) is 0 Å². The van der Waals surface area contributed by atoms with Gasteiger partial charge in [0.2, 0.25) is 0 Å². The first-order chi connectivity index (χ1) is 7.67. The van der Waals surface area contributed by atoms with E-state index >= 15 is 0 Å². The summed E-state index contributed by atoms with van der Waals surface area (Å²) in [5.74, 6) is 0.178. The first kappa shape index (κ1) is 12.8. The number of halogens is 1. The van der Waals surface area contributed by atoms with Crippen molar-refractivity contribution in [2.24, 2.45) is 0 Å². The molecule has 0 spiro atoms. The van der Waals surface area contributed by atoms with Crippen molar-refractivity contribution in [1.82, 2.24) is 0 Å². The minimum atomic E-state index is -0.312. The molecule has 0 N–H and O–H groups in total. The van der Waals surface area contributed by atoms with E-state index in [2.05, 4.69) is 6.58 Å². The lowest BCUT2D eigenvalue weighted by Gasteiger charge is -2.11. The van der Waals surface area contributed by atoms with Crippen LogP contribution in [0, 0.1) is 0 Å². The molecule has 3 heteroatoms. The van der Waals surface area contributed by atoms with E-state index in [9.17, 15) is 4.79 Å². The molecular weight excluding hydrogens is 224 g/mol. The molecule has 0 aliphatic carbocycles. The maximum atomic E-state index is 11.6. The van der Waals surface area contributed by atoms with Crippen LogP contribution in [0.3, 0.4) is 0 Å². The quantitative estimate of drug-likeness (QED) is 0.580. The van der Waals surface area contributed by atoms with Gasteiger partial charge in [0.25, 0.3) is 0 Å². The molecule has 0 saturated carbocycles. The van der Waals surface area contributed by atoms with Gasteiger partial charge in [-0.1, -0.05) is 24.8 Å². The topological polar surface area (TPSA) is 26.3 Å². The highest BCUT2D eigenvalue weighted by atomic mass is 35.5. The molecule has 0 aliphatic heterocycles. The summed E-state index contributed by atoms with van der Waals surface area (Å²) in [4.78, 5) is 11.6. The van der Waals surface area contributed by atoms with Gasteiger partial charge in [0.15, 0.2) is 0 Å². The van der Waals surface area contributed by atoms with E-state index in [1.807, 2.05) is 19.1 Å². The van der Waals surface area contributed by atoms with Gasteiger partial charge in [-0.3, -0.25) is 0 Å². The van der Waals surface area contributed by atoms with Crippen molar-refractivity contribution in [2.75, 3.05) is 5.88 Å². The number of ether oxygens (including phenoxy) is 1. The molecule has 0 fully saturated rings. The van der Waals surface area contributed by atoms with Gasteiger partial charge < -0.3 is 4.74 Å². The van der Waals surface area contributed by atoms with Crippen LogP contribution in [0.25, 0.3) is 6.08 Å². The fraction of sp³-hybridized carbons (Fsp3) is 0.308. The van der Waals surface area contributed by atoms with Crippen molar-refractivity contribution >= 4 is 23.6 Å². The average molecular weight is 239 g/mol. The van der Waals surface area contributed by atoms with E-state index in [-0.39, 0.29) is 12.1 Å². The summed E-state index contributed by atoms with van der Waals surface area (Å²) in [6, 6.07) is 7.12. The molecule has 0 saturated heterocycles. The second kappa shape index (κ2) is 6.33. The number of carbonyl (C=O) groups excluding carboxylic acids is 1. The molecule has 1 aromatic carbocycles. The largest absolute Gasteiger partial charge is 0.459 e. The van der Waals surface area contributed by atoms with E-state index in [4.69, 9.17) is 16.3 Å². The van der Waals surface area contributed by atoms with Crippen LogP contribution in [-0.4, -0.2) is 18.0 Å². The van der Waals surface area contributed by atoms with E-state index in [1.165, 1.54) is 0 Å². The van der Waals surface area contributed by atoms with Crippen molar-refractivity contribution < 1.29 is 9.53 Å². The van der Waals surface area contributed by atoms with Gasteiger partial charge in [0, 0.05) is 5.88 Å². The van der Waals surface area contributed by atoms with Gasteiger partial charge >= 0.3 is 5.97 Å². The Morgan fingerprint density at radius 3 is 2.62 bits per heavy atom. The number of rotatable bonds is 5. The molecule has 2 nitrogen and oxygen atoms in total. The Morgan fingerprint density at radius 1 is 1.50 bits per heavy atom. The Kier molecular flexibility index (Phi) is 5.06. The zero-order chi connectivity index (χ0) is 12.0. The lowest BCUT2D eigenvalue weighted by atomic mass is 10.1. The van der Waals surface area contributed by atoms with Crippen LogP contribution in [0.5, 0.6) is 0 Å². The van der Waals surface area contributed by atoms with Crippen LogP contribution in [0.1, 0.15) is 29.3 Å². The fourth-order valence-electron chi connectivity index (χ4n) is 1.22. The van der Waals surface area contributed by atoms with Gasteiger partial charge in [-0.25, -0.2) is 4.79 Å². The molecular formula is C13H15ClO2. The van der Waals surface area contributed by atoms with Gasteiger partial charge in [0.1, 0.15) is 6.10 Å². The van der Waals surface area contributed by atoms with Crippen LogP contribution in [-0.2, 0) is 4.74 Å². The maximum absolute atomic E-state index is 11.6. The molecule has 0 bridgehead atoms. The second-order valence-corrected chi connectivity index (χ2v) is 3.90. The molecule has 0 aromatic heterocycles. The zero-order valence-electron chi connectivity index (χ0n) is 9.28. The summed E-state index contributed by atoms with van der Waals surface area (Å²) in [5, 5.41) is 0. The molecule has 86 valence electrons. The number of carbonyl (C=O) groups is 1. The van der Waals surface area contributed by atoms with E-state index in [0.717, 1.165) is 5.56 Å². The number of esters is 1. The van der Waals surface area contributed by atoms with Gasteiger partial charge in [-0.15, -0.1) is 11.6 Å². The predicted molar refractivity (Wildman–Crippen MR) is 66.7 cm³/mol. The molecule has 0 heterocycles. The SMILES string of the molecule is C=Cc1ccc(C(=O)OC(C)CCCl)cc1. The monoisotopic (exact) mass is 238 g/mol. The molecule has 0 aliphatic rings. The highest BCUT2D eigenvalue weighted by Crippen LogP contribution is 2.09. The Morgan fingerprint density at radius 2 is 2.12 bits per heavy atom. The van der Waals surface area contributed by atoms with Crippen LogP contribution in [0.2, 0.25) is 0 Å². The zero-order valence-corrected chi connectivity index (χ0v) is 10.0. The summed E-state index contributed by atoms with van der Waals surface area (Å²) in [6.07, 6.45) is 2.24. The van der Waals surface area contributed by atoms with Gasteiger partial charge in [-0.05, 0) is 31.0 Å². The maximum Gasteiger partial charge on any atom is 0.338 e. The second-order valence-electron chi connectivity index (χ2n) is 3.52. The molecule has 16 heavy (non-hydrogen) atoms. The Balaban J connectivity index is 2.62. The van der Waals surface area contributed by atoms with Crippen molar-refractivity contribution in [3.05, 3.63) is 42.0 Å². The van der Waals surface area contributed by atoms with Crippen molar-refractivity contribution in [2.45, 2.75) is 19.4 Å². The lowest BCUT2D eigenvalue weighted by molar-refractivity contribution is 0.0336. The summed E-state index contributed by atoms with van der Waals surface area (Å²) in [6.45, 7) is 5.48. The van der Waals surface area contributed by atoms with Crippen LogP contribution < -0.4 is 0 Å². The lowest BCUT2D eigenvalue weighted by Crippen LogP contribution is -2.15. The third kappa shape index (κ3) is 3.70. The van der Waals surface area contributed by atoms with Crippen LogP contribution >= 0.6 is 11.6 Å². The first-order valence-corrected chi connectivity index (χ1v) is 5.70. The molecule has 0 radical (unpaired) electrons. The van der Waals surface area contributed by atoms with Crippen LogP contribution in [0.15, 0.2) is 30.8 Å². The summed E-state index contributed by atoms with van der Waals surface area (Å²) >= 11 is 5.56. The molecule has 0 amide bonds. The summed E-state index contributed by atoms with van der Waals surface area (Å²) in [5.41, 5.74) is 1.53. The number of alkyl halides is 1. The van der Waals surface area contributed by atoms with E-state index < -0.39 is 0 Å². The molecule has 1 atom stereocenters. The standard InChI is InChI=1S/C13H15ClO2/c1-3-11-4-6-12(7-5-11)13(15)16-10(2)8-9-14/h3-7,10H,1,8-9H2,2H3. The Labute approximate surface area is 101 Å². The third-order valence-corrected chi connectivity index (χ3v) is 2.42. The van der Waals surface area contributed by atoms with Crippen molar-refractivity contribution in [3.63, 3.8) is 0 Å². The molecule has 1 rings (SSSR count). The Hall–Kier alpha value is -1.28. The summed E-state index contributed by atoms with van der Waals surface area (Å²) in [7, 11) is 0. The van der Waals surface area contributed by atoms with Crippen molar-refractivity contribution in [1.29, 1.82) is 0 Å². The Bertz CT molecular complexity index is 357. The highest BCUT2D eigenvalue weighted by Gasteiger charge is 2.10. The highest BCUT2D eigenvalue weighted by molar-refractivity contribution is 6.17. The number of benzene rings is 1. The molecule has 1 unspecified atom stereocenters. The third-order valence-electron chi connectivity index (χ3n) is 2.21.